The van der Waals surface area contributed by atoms with E-state index in [1.807, 2.05) is 0 Å². The van der Waals surface area contributed by atoms with E-state index in [4.69, 9.17) is 14.2 Å². The van der Waals surface area contributed by atoms with Gasteiger partial charge in [-0.3, -0.25) is 14.4 Å². The highest BCUT2D eigenvalue weighted by atomic mass is 16.6. The molecule has 0 saturated heterocycles. The molecule has 0 rings (SSSR count). The van der Waals surface area contributed by atoms with E-state index >= 15 is 0 Å². The minimum absolute atomic E-state index is 0.105. The highest BCUT2D eigenvalue weighted by Crippen LogP contribution is 2.14. The summed E-state index contributed by atoms with van der Waals surface area (Å²) in [4.78, 5) is 38.4. The van der Waals surface area contributed by atoms with Crippen molar-refractivity contribution in [2.24, 2.45) is 0 Å². The van der Waals surface area contributed by atoms with E-state index in [-0.39, 0.29) is 31.1 Å². The van der Waals surface area contributed by atoms with Crippen molar-refractivity contribution < 1.29 is 28.6 Å². The second-order valence-corrected chi connectivity index (χ2v) is 21.3. The van der Waals surface area contributed by atoms with Crippen molar-refractivity contribution in [3.63, 3.8) is 0 Å². The molecule has 0 amide bonds. The average Bonchev–Trinajstić information content (AvgIpc) is 3.47. The maximum Gasteiger partial charge on any atom is 0.306 e. The van der Waals surface area contributed by atoms with Crippen LogP contribution in [0.3, 0.4) is 0 Å². The Kier molecular flexibility index (Phi) is 63.4. The molecule has 0 aliphatic heterocycles. The summed E-state index contributed by atoms with van der Waals surface area (Å²) in [6, 6.07) is 0. The molecule has 0 aromatic rings. The van der Waals surface area contributed by atoms with Crippen molar-refractivity contribution in [2.75, 3.05) is 13.2 Å². The van der Waals surface area contributed by atoms with Gasteiger partial charge >= 0.3 is 17.9 Å². The molecule has 456 valence electrons. The van der Waals surface area contributed by atoms with Gasteiger partial charge in [-0.25, -0.2) is 0 Å². The van der Waals surface area contributed by atoms with Crippen LogP contribution in [0.5, 0.6) is 0 Å². The van der Waals surface area contributed by atoms with Crippen LogP contribution in [0.25, 0.3) is 0 Å². The number of esters is 3. The van der Waals surface area contributed by atoms with E-state index in [0.29, 0.717) is 19.3 Å². The molecular weight excluding hydrogens is 997 g/mol. The average molecular weight is 1120 g/mol. The van der Waals surface area contributed by atoms with Crippen LogP contribution in [-0.2, 0) is 28.6 Å². The quantitative estimate of drug-likeness (QED) is 0.0261. The maximum absolute atomic E-state index is 12.9. The number of allylic oxidation sites excluding steroid dienone is 26. The first-order chi connectivity index (χ1) is 40.0. The first-order valence-electron chi connectivity index (χ1n) is 33.0. The van der Waals surface area contributed by atoms with Crippen LogP contribution < -0.4 is 0 Å². The molecular formula is C75H120O6. The lowest BCUT2D eigenvalue weighted by Gasteiger charge is -2.18. The topological polar surface area (TPSA) is 78.9 Å². The zero-order valence-electron chi connectivity index (χ0n) is 52.2. The van der Waals surface area contributed by atoms with E-state index in [9.17, 15) is 14.4 Å². The molecule has 0 N–H and O–H groups in total. The molecule has 0 aliphatic rings. The summed E-state index contributed by atoms with van der Waals surface area (Å²) in [5, 5.41) is 0. The molecule has 1 atom stereocenters. The zero-order chi connectivity index (χ0) is 58.5. The van der Waals surface area contributed by atoms with Crippen molar-refractivity contribution in [1.82, 2.24) is 0 Å². The van der Waals surface area contributed by atoms with Gasteiger partial charge in [-0.05, 0) is 154 Å². The lowest BCUT2D eigenvalue weighted by molar-refractivity contribution is -0.167. The fourth-order valence-electron chi connectivity index (χ4n) is 8.55. The van der Waals surface area contributed by atoms with Gasteiger partial charge < -0.3 is 14.2 Å². The predicted octanol–water partition coefficient (Wildman–Crippen LogP) is 22.9. The van der Waals surface area contributed by atoms with Crippen molar-refractivity contribution in [3.8, 4) is 0 Å². The highest BCUT2D eigenvalue weighted by Gasteiger charge is 2.19. The minimum atomic E-state index is -0.811. The molecule has 0 saturated carbocycles. The molecule has 0 radical (unpaired) electrons. The van der Waals surface area contributed by atoms with Gasteiger partial charge in [-0.2, -0.15) is 0 Å². The fourth-order valence-corrected chi connectivity index (χ4v) is 8.55. The van der Waals surface area contributed by atoms with Crippen molar-refractivity contribution in [3.05, 3.63) is 158 Å². The third kappa shape index (κ3) is 65.7. The number of rotatable bonds is 58. The number of unbranched alkanes of at least 4 members (excludes halogenated alkanes) is 21. The predicted molar refractivity (Wildman–Crippen MR) is 352 cm³/mol. The standard InChI is InChI=1S/C75H120O6/c1-4-7-10-13-16-19-22-25-28-30-32-33-34-35-36-37-38-39-40-41-43-44-47-50-53-56-59-62-65-68-74(77)80-71-72(70-79-73(76)67-64-61-58-55-52-49-46-27-24-21-18-15-12-9-6-3)81-75(78)69-66-63-60-57-54-51-48-45-42-31-29-26-23-20-17-14-11-8-5-2/h7,10,16-21,25-29,32-33,35-36,38-39,41-43,45-47,50,72H,4-6,8-9,11-15,22-24,30-31,34,37,40,44,48-49,51-71H2,1-3H3/b10-7-,19-16-,20-17-,21-18-,28-25-,29-26-,33-32-,36-35-,39-38-,43-41-,45-42-,46-27-,50-47-. The monoisotopic (exact) mass is 1120 g/mol. The summed E-state index contributed by atoms with van der Waals surface area (Å²) in [5.41, 5.74) is 0. The summed E-state index contributed by atoms with van der Waals surface area (Å²) < 4.78 is 16.9. The first-order valence-corrected chi connectivity index (χ1v) is 33.0. The summed E-state index contributed by atoms with van der Waals surface area (Å²) in [6.45, 7) is 6.43. The largest absolute Gasteiger partial charge is 0.462 e. The van der Waals surface area contributed by atoms with Gasteiger partial charge in [0.15, 0.2) is 6.10 Å². The number of hydrogen-bond donors (Lipinski definition) is 0. The van der Waals surface area contributed by atoms with E-state index < -0.39 is 6.10 Å². The molecule has 0 heterocycles. The third-order valence-corrected chi connectivity index (χ3v) is 13.5. The number of hydrogen-bond acceptors (Lipinski definition) is 6. The Morgan fingerprint density at radius 1 is 0.259 bits per heavy atom. The second-order valence-electron chi connectivity index (χ2n) is 21.3. The lowest BCUT2D eigenvalue weighted by Crippen LogP contribution is -2.30. The van der Waals surface area contributed by atoms with Crippen LogP contribution in [0.2, 0.25) is 0 Å². The van der Waals surface area contributed by atoms with E-state index in [1.54, 1.807) is 0 Å². The van der Waals surface area contributed by atoms with Crippen LogP contribution in [0.1, 0.15) is 278 Å². The van der Waals surface area contributed by atoms with Crippen molar-refractivity contribution >= 4 is 17.9 Å². The smallest absolute Gasteiger partial charge is 0.306 e. The molecule has 0 aromatic heterocycles. The molecule has 6 heteroatoms. The molecule has 0 aromatic carbocycles. The first kappa shape index (κ1) is 76.0. The summed E-state index contributed by atoms with van der Waals surface area (Å²) >= 11 is 0. The van der Waals surface area contributed by atoms with Crippen LogP contribution in [0, 0.1) is 0 Å². The minimum Gasteiger partial charge on any atom is -0.462 e. The van der Waals surface area contributed by atoms with Gasteiger partial charge in [-0.15, -0.1) is 0 Å². The van der Waals surface area contributed by atoms with Crippen LogP contribution in [0.4, 0.5) is 0 Å². The maximum atomic E-state index is 12.9. The third-order valence-electron chi connectivity index (χ3n) is 13.5. The Labute approximate surface area is 499 Å². The molecule has 0 bridgehead atoms. The van der Waals surface area contributed by atoms with Gasteiger partial charge in [0.1, 0.15) is 13.2 Å². The molecule has 81 heavy (non-hydrogen) atoms. The molecule has 0 fully saturated rings. The zero-order valence-corrected chi connectivity index (χ0v) is 52.2. The number of carbonyl (C=O) groups excluding carboxylic acids is 3. The van der Waals surface area contributed by atoms with Gasteiger partial charge in [0, 0.05) is 19.3 Å². The number of ether oxygens (including phenoxy) is 3. The summed E-state index contributed by atoms with van der Waals surface area (Å²) in [5.74, 6) is -0.957. The lowest BCUT2D eigenvalue weighted by atomic mass is 10.1. The van der Waals surface area contributed by atoms with E-state index in [0.717, 1.165) is 173 Å². The molecule has 6 nitrogen and oxygen atoms in total. The summed E-state index contributed by atoms with van der Waals surface area (Å²) in [7, 11) is 0. The van der Waals surface area contributed by atoms with Crippen molar-refractivity contribution in [1.29, 1.82) is 0 Å². The molecule has 0 spiro atoms. The van der Waals surface area contributed by atoms with E-state index in [2.05, 4.69) is 179 Å². The van der Waals surface area contributed by atoms with Gasteiger partial charge in [0.2, 0.25) is 0 Å². The fraction of sp³-hybridized carbons (Fsp3) is 0.613. The SMILES string of the molecule is CC/C=C\C/C=C\C/C=C\C/C=C\C/C=C\C/C=C\C/C=C\C/C=C\CCCCCCC(=O)OCC(COC(=O)CCCCCCC/C=C\C/C=C\CCCCC)OC(=O)CCCCCCCC/C=C\C/C=C\C/C=C\CCCCC. The van der Waals surface area contributed by atoms with Crippen LogP contribution >= 0.6 is 0 Å². The Morgan fingerprint density at radius 2 is 0.481 bits per heavy atom. The Bertz CT molecular complexity index is 1810. The second kappa shape index (κ2) is 67.5. The van der Waals surface area contributed by atoms with Crippen LogP contribution in [0.15, 0.2) is 158 Å². The molecule has 0 aliphatic carbocycles. The Hall–Kier alpha value is -4.97. The highest BCUT2D eigenvalue weighted by molar-refractivity contribution is 5.71. The molecule has 1 unspecified atom stereocenters. The van der Waals surface area contributed by atoms with Gasteiger partial charge in [-0.1, -0.05) is 262 Å². The van der Waals surface area contributed by atoms with Crippen molar-refractivity contribution in [2.45, 2.75) is 284 Å². The van der Waals surface area contributed by atoms with E-state index in [1.165, 1.54) is 64.2 Å². The van der Waals surface area contributed by atoms with Gasteiger partial charge in [0.25, 0.3) is 0 Å². The Balaban J connectivity index is 4.46. The number of carbonyl (C=O) groups is 3. The summed E-state index contributed by atoms with van der Waals surface area (Å²) in [6.07, 6.45) is 98.1. The van der Waals surface area contributed by atoms with Crippen LogP contribution in [-0.4, -0.2) is 37.2 Å². The van der Waals surface area contributed by atoms with Gasteiger partial charge in [0.05, 0.1) is 0 Å². The normalized spacial score (nSPS) is 13.2. The Morgan fingerprint density at radius 3 is 0.753 bits per heavy atom.